The SMILES string of the molecule is COC[C@@H]1CC[C@@H]2N1c1ccccc1CC2(C#N)C#N. The van der Waals surface area contributed by atoms with Gasteiger partial charge < -0.3 is 9.64 Å². The zero-order valence-electron chi connectivity index (χ0n) is 11.5. The molecule has 1 fully saturated rings. The van der Waals surface area contributed by atoms with E-state index in [0.29, 0.717) is 13.0 Å². The molecule has 4 nitrogen and oxygen atoms in total. The molecule has 3 rings (SSSR count). The molecule has 0 N–H and O–H groups in total. The van der Waals surface area contributed by atoms with E-state index >= 15 is 0 Å². The van der Waals surface area contributed by atoms with Crippen molar-refractivity contribution in [3.63, 3.8) is 0 Å². The Bertz CT molecular complexity index is 584. The van der Waals surface area contributed by atoms with E-state index in [9.17, 15) is 10.5 Å². The molecule has 2 aliphatic rings. The van der Waals surface area contributed by atoms with E-state index in [4.69, 9.17) is 4.74 Å². The first-order valence-corrected chi connectivity index (χ1v) is 6.93. The minimum Gasteiger partial charge on any atom is -0.383 e. The van der Waals surface area contributed by atoms with Crippen molar-refractivity contribution in [3.8, 4) is 12.1 Å². The molecule has 0 bridgehead atoms. The van der Waals surface area contributed by atoms with Crippen LogP contribution in [0.3, 0.4) is 0 Å². The Hall–Kier alpha value is -2.04. The van der Waals surface area contributed by atoms with Gasteiger partial charge in [-0.2, -0.15) is 10.5 Å². The molecule has 102 valence electrons. The first-order chi connectivity index (χ1) is 9.75. The van der Waals surface area contributed by atoms with Crippen LogP contribution in [0.25, 0.3) is 0 Å². The van der Waals surface area contributed by atoms with Crippen molar-refractivity contribution >= 4 is 5.69 Å². The van der Waals surface area contributed by atoms with Crippen molar-refractivity contribution in [1.29, 1.82) is 10.5 Å². The summed E-state index contributed by atoms with van der Waals surface area (Å²) >= 11 is 0. The van der Waals surface area contributed by atoms with Gasteiger partial charge in [-0.05, 0) is 24.5 Å². The van der Waals surface area contributed by atoms with Gasteiger partial charge in [0.15, 0.2) is 5.41 Å². The van der Waals surface area contributed by atoms with Crippen molar-refractivity contribution in [2.24, 2.45) is 5.41 Å². The number of nitriles is 2. The average Bonchev–Trinajstić information content (AvgIpc) is 2.92. The zero-order chi connectivity index (χ0) is 14.2. The predicted molar refractivity (Wildman–Crippen MR) is 75.0 cm³/mol. The first-order valence-electron chi connectivity index (χ1n) is 6.93. The molecule has 0 amide bonds. The summed E-state index contributed by atoms with van der Waals surface area (Å²) in [5, 5.41) is 19.2. The number of hydrogen-bond acceptors (Lipinski definition) is 4. The summed E-state index contributed by atoms with van der Waals surface area (Å²) in [5.41, 5.74) is 1.32. The largest absolute Gasteiger partial charge is 0.383 e. The normalized spacial score (nSPS) is 26.2. The molecule has 0 aromatic heterocycles. The van der Waals surface area contributed by atoms with Crippen molar-refractivity contribution in [2.45, 2.75) is 31.3 Å². The van der Waals surface area contributed by atoms with Crippen molar-refractivity contribution in [3.05, 3.63) is 29.8 Å². The van der Waals surface area contributed by atoms with E-state index < -0.39 is 5.41 Å². The molecule has 1 saturated heterocycles. The Kier molecular flexibility index (Phi) is 3.12. The van der Waals surface area contributed by atoms with Gasteiger partial charge in [0.05, 0.1) is 30.8 Å². The maximum Gasteiger partial charge on any atom is 0.167 e. The van der Waals surface area contributed by atoms with E-state index in [1.54, 1.807) is 7.11 Å². The third-order valence-corrected chi connectivity index (χ3v) is 4.57. The van der Waals surface area contributed by atoms with Crippen molar-refractivity contribution in [1.82, 2.24) is 0 Å². The van der Waals surface area contributed by atoms with Crippen LogP contribution in [0.1, 0.15) is 18.4 Å². The van der Waals surface area contributed by atoms with E-state index in [1.165, 1.54) is 0 Å². The summed E-state index contributed by atoms with van der Waals surface area (Å²) in [7, 11) is 1.70. The van der Waals surface area contributed by atoms with E-state index in [2.05, 4.69) is 23.1 Å². The first kappa shape index (κ1) is 13.0. The molecule has 2 aliphatic heterocycles. The van der Waals surface area contributed by atoms with Gasteiger partial charge >= 0.3 is 0 Å². The Labute approximate surface area is 119 Å². The van der Waals surface area contributed by atoms with Crippen LogP contribution >= 0.6 is 0 Å². The molecule has 0 saturated carbocycles. The maximum absolute atomic E-state index is 9.60. The molecule has 2 atom stereocenters. The highest BCUT2D eigenvalue weighted by molar-refractivity contribution is 5.61. The monoisotopic (exact) mass is 267 g/mol. The summed E-state index contributed by atoms with van der Waals surface area (Å²) in [6, 6.07) is 12.9. The van der Waals surface area contributed by atoms with Crippen molar-refractivity contribution in [2.75, 3.05) is 18.6 Å². The lowest BCUT2D eigenvalue weighted by Crippen LogP contribution is -2.51. The highest BCUT2D eigenvalue weighted by atomic mass is 16.5. The highest BCUT2D eigenvalue weighted by Crippen LogP contribution is 2.47. The van der Waals surface area contributed by atoms with Gasteiger partial charge in [0, 0.05) is 19.2 Å². The molecule has 0 unspecified atom stereocenters. The lowest BCUT2D eigenvalue weighted by atomic mass is 9.73. The molecule has 1 aromatic rings. The van der Waals surface area contributed by atoms with Crippen LogP contribution < -0.4 is 4.90 Å². The Morgan fingerprint density at radius 2 is 2.05 bits per heavy atom. The summed E-state index contributed by atoms with van der Waals surface area (Å²) in [6.45, 7) is 0.637. The third-order valence-electron chi connectivity index (χ3n) is 4.57. The van der Waals surface area contributed by atoms with Crippen LogP contribution in [0, 0.1) is 28.1 Å². The molecule has 4 heteroatoms. The Balaban J connectivity index is 2.11. The number of para-hydroxylation sites is 1. The topological polar surface area (TPSA) is 60.0 Å². The molecule has 1 aromatic carbocycles. The second-order valence-corrected chi connectivity index (χ2v) is 5.61. The maximum atomic E-state index is 9.60. The van der Waals surface area contributed by atoms with Crippen LogP contribution in [-0.2, 0) is 11.2 Å². The van der Waals surface area contributed by atoms with Crippen LogP contribution in [0.4, 0.5) is 5.69 Å². The molecule has 0 aliphatic carbocycles. The number of nitrogens with zero attached hydrogens (tertiary/aromatic N) is 3. The number of benzene rings is 1. The Morgan fingerprint density at radius 3 is 2.75 bits per heavy atom. The van der Waals surface area contributed by atoms with Crippen LogP contribution in [0.15, 0.2) is 24.3 Å². The third kappa shape index (κ3) is 1.69. The van der Waals surface area contributed by atoms with Gasteiger partial charge in [0.1, 0.15) is 0 Å². The Morgan fingerprint density at radius 1 is 1.30 bits per heavy atom. The zero-order valence-corrected chi connectivity index (χ0v) is 11.5. The lowest BCUT2D eigenvalue weighted by Gasteiger charge is -2.43. The fraction of sp³-hybridized carbons (Fsp3) is 0.500. The predicted octanol–water partition coefficient (Wildman–Crippen LogP) is 2.26. The van der Waals surface area contributed by atoms with E-state index in [-0.39, 0.29) is 12.1 Å². The van der Waals surface area contributed by atoms with Crippen LogP contribution in [0.2, 0.25) is 0 Å². The van der Waals surface area contributed by atoms with E-state index in [0.717, 1.165) is 24.1 Å². The van der Waals surface area contributed by atoms with Crippen molar-refractivity contribution < 1.29 is 4.74 Å². The van der Waals surface area contributed by atoms with Gasteiger partial charge in [-0.1, -0.05) is 18.2 Å². The highest BCUT2D eigenvalue weighted by Gasteiger charge is 2.52. The molecular formula is C16H17N3O. The number of hydrogen-bond donors (Lipinski definition) is 0. The smallest absolute Gasteiger partial charge is 0.167 e. The van der Waals surface area contributed by atoms with Crippen LogP contribution in [-0.4, -0.2) is 25.8 Å². The van der Waals surface area contributed by atoms with Gasteiger partial charge in [-0.15, -0.1) is 0 Å². The lowest BCUT2D eigenvalue weighted by molar-refractivity contribution is 0.178. The number of methoxy groups -OCH3 is 1. The van der Waals surface area contributed by atoms with Gasteiger partial charge in [-0.25, -0.2) is 0 Å². The second-order valence-electron chi connectivity index (χ2n) is 5.61. The quantitative estimate of drug-likeness (QED) is 0.824. The van der Waals surface area contributed by atoms with Gasteiger partial charge in [-0.3, -0.25) is 0 Å². The minimum absolute atomic E-state index is 0.0208. The summed E-state index contributed by atoms with van der Waals surface area (Å²) in [6.07, 6.45) is 2.37. The standard InChI is InChI=1S/C16H17N3O/c1-20-9-13-6-7-15-16(10-17,11-18)8-12-4-2-3-5-14(12)19(13)15/h2-5,13,15H,6-9H2,1H3/t13-,15-/m0/s1. The second kappa shape index (κ2) is 4.81. The molecular weight excluding hydrogens is 250 g/mol. The van der Waals surface area contributed by atoms with Gasteiger partial charge in [0.25, 0.3) is 0 Å². The van der Waals surface area contributed by atoms with Crippen LogP contribution in [0.5, 0.6) is 0 Å². The summed E-state index contributed by atoms with van der Waals surface area (Å²) in [4.78, 5) is 2.26. The fourth-order valence-electron chi connectivity index (χ4n) is 3.67. The number of anilines is 1. The van der Waals surface area contributed by atoms with Gasteiger partial charge in [0.2, 0.25) is 0 Å². The number of fused-ring (bicyclic) bond motifs is 3. The average molecular weight is 267 g/mol. The summed E-state index contributed by atoms with van der Waals surface area (Å²) in [5.74, 6) is 0. The molecule has 2 heterocycles. The van der Waals surface area contributed by atoms with E-state index in [1.807, 2.05) is 18.2 Å². The molecule has 0 radical (unpaired) electrons. The fourth-order valence-corrected chi connectivity index (χ4v) is 3.67. The molecule has 20 heavy (non-hydrogen) atoms. The molecule has 0 spiro atoms. The summed E-state index contributed by atoms with van der Waals surface area (Å²) < 4.78 is 5.32. The number of ether oxygens (including phenoxy) is 1. The number of rotatable bonds is 2. The minimum atomic E-state index is -0.934.